The van der Waals surface area contributed by atoms with Crippen LogP contribution >= 0.6 is 0 Å². The average molecular weight is 1000 g/mol. The Morgan fingerprint density at radius 2 is 0.596 bits per heavy atom. The summed E-state index contributed by atoms with van der Waals surface area (Å²) in [4.78, 5) is 9.00. The molecule has 0 atom stereocenters. The number of fused-ring (bicyclic) bond motifs is 8. The first-order valence-corrected chi connectivity index (χ1v) is 16.9. The maximum absolute atomic E-state index is 14.9. The second-order valence-electron chi connectivity index (χ2n) is 15.7. The van der Waals surface area contributed by atoms with Crippen molar-refractivity contribution in [1.29, 1.82) is 0 Å². The van der Waals surface area contributed by atoms with Crippen LogP contribution in [0.2, 0.25) is 0 Å². The first-order chi connectivity index (χ1) is 25.2. The SMILES string of the molecule is COc1cc2nc(c1)C(C)(C)c1[c-]c(c(C(F)(F)F)cc1C(F)(F)F)C(C)(C)c1cc(OC)cc(n1)C(C)(C)c1[c-]c(c(C(F)(F)F)cc1C(F)(F)F)C2(C)C.[Pt+2]. The quantitative estimate of drug-likeness (QED) is 0.148. The van der Waals surface area contributed by atoms with E-state index in [-0.39, 0.29) is 67.5 Å². The standard InChI is InChI=1S/C40H36F12N2O2.Pt/c1-33(2)21-15-22(26(38(44,45)46)17-25(21)37(41,42)43)34(3,4)31-13-20(56-10)14-32(54-31)36(7,8)24-16-23(27(39(47,48)49)18-28(24)40(50,51)52)35(5,6)30-12-19(55-9)11-29(33)53-30;/h11-14,17-18H,1-10H3;/q-2;+2. The number of pyridine rings is 2. The number of rotatable bonds is 2. The van der Waals surface area contributed by atoms with E-state index in [0.29, 0.717) is 0 Å². The first kappa shape index (κ1) is 45.9. The Labute approximate surface area is 335 Å². The second kappa shape index (κ2) is 14.2. The van der Waals surface area contributed by atoms with Crippen LogP contribution in [0.25, 0.3) is 0 Å². The Morgan fingerprint density at radius 3 is 0.754 bits per heavy atom. The van der Waals surface area contributed by atoms with Gasteiger partial charge in [-0.05, 0) is 22.3 Å². The van der Waals surface area contributed by atoms with Crippen LogP contribution in [0.1, 0.15) is 123 Å². The number of ether oxygens (including phenoxy) is 2. The summed E-state index contributed by atoms with van der Waals surface area (Å²) in [6, 6.07) is 9.52. The minimum Gasteiger partial charge on any atom is -0.497 e. The van der Waals surface area contributed by atoms with Crippen molar-refractivity contribution < 1.29 is 83.2 Å². The predicted molar refractivity (Wildman–Crippen MR) is 181 cm³/mol. The maximum atomic E-state index is 14.9. The number of aromatic nitrogens is 2. The van der Waals surface area contributed by atoms with Crippen LogP contribution in [-0.2, 0) is 67.4 Å². The summed E-state index contributed by atoms with van der Waals surface area (Å²) in [6.45, 7) is 9.73. The van der Waals surface area contributed by atoms with Crippen LogP contribution in [0, 0.1) is 12.1 Å². The van der Waals surface area contributed by atoms with Crippen LogP contribution in [0.15, 0.2) is 36.4 Å². The molecule has 17 heteroatoms. The molecule has 0 spiro atoms. The van der Waals surface area contributed by atoms with Gasteiger partial charge < -0.3 is 9.47 Å². The molecule has 4 nitrogen and oxygen atoms in total. The Hall–Kier alpha value is -3.81. The van der Waals surface area contributed by atoms with Crippen LogP contribution < -0.4 is 9.47 Å². The van der Waals surface area contributed by atoms with E-state index in [9.17, 15) is 52.7 Å². The van der Waals surface area contributed by atoms with Crippen molar-refractivity contribution in [2.24, 2.45) is 0 Å². The number of hydrogen-bond donors (Lipinski definition) is 0. The normalized spacial score (nSPS) is 17.4. The zero-order chi connectivity index (χ0) is 42.6. The molecule has 2 aromatic heterocycles. The number of nitrogens with zero attached hydrogens (tertiary/aromatic N) is 2. The first-order valence-electron chi connectivity index (χ1n) is 16.9. The Bertz CT molecular complexity index is 1910. The number of alkyl halides is 12. The van der Waals surface area contributed by atoms with Crippen LogP contribution in [0.3, 0.4) is 0 Å². The molecule has 0 radical (unpaired) electrons. The molecular formula is C40H36F12N2O2Pt. The van der Waals surface area contributed by atoms with Gasteiger partial charge in [-0.3, -0.25) is 9.97 Å². The summed E-state index contributed by atoms with van der Waals surface area (Å²) in [7, 11) is 2.31. The smallest absolute Gasteiger partial charge is 0.497 e. The van der Waals surface area contributed by atoms with E-state index >= 15 is 0 Å². The zero-order valence-electron chi connectivity index (χ0n) is 32.0. The molecule has 5 rings (SSSR count). The minimum atomic E-state index is -5.38. The van der Waals surface area contributed by atoms with Crippen molar-refractivity contribution in [2.45, 2.75) is 102 Å². The number of benzene rings is 2. The van der Waals surface area contributed by atoms with Gasteiger partial charge in [0, 0.05) is 45.9 Å². The summed E-state index contributed by atoms with van der Waals surface area (Å²) in [5.41, 5.74) is -19.2. The van der Waals surface area contributed by atoms with E-state index < -0.39 is 90.9 Å². The fourth-order valence-corrected chi connectivity index (χ4v) is 7.00. The van der Waals surface area contributed by atoms with Crippen molar-refractivity contribution in [3.63, 3.8) is 0 Å². The van der Waals surface area contributed by atoms with Crippen LogP contribution in [-0.4, -0.2) is 24.2 Å². The molecule has 4 aromatic rings. The summed E-state index contributed by atoms with van der Waals surface area (Å²) in [5.74, 6) is -0.249. The molecule has 0 fully saturated rings. The van der Waals surface area contributed by atoms with Crippen molar-refractivity contribution in [2.75, 3.05) is 14.2 Å². The fourth-order valence-electron chi connectivity index (χ4n) is 7.00. The number of halogens is 12. The number of hydrogen-bond acceptors (Lipinski definition) is 4. The minimum absolute atomic E-state index is 0. The van der Waals surface area contributed by atoms with E-state index in [0.717, 1.165) is 14.2 Å². The molecule has 0 aliphatic carbocycles. The van der Waals surface area contributed by atoms with Gasteiger partial charge in [0.2, 0.25) is 0 Å². The zero-order valence-corrected chi connectivity index (χ0v) is 34.3. The van der Waals surface area contributed by atoms with E-state index in [1.54, 1.807) is 0 Å². The van der Waals surface area contributed by atoms with Gasteiger partial charge in [-0.25, -0.2) is 0 Å². The van der Waals surface area contributed by atoms with E-state index in [1.165, 1.54) is 79.7 Å². The van der Waals surface area contributed by atoms with Crippen LogP contribution in [0.5, 0.6) is 11.5 Å². The second-order valence-corrected chi connectivity index (χ2v) is 15.7. The molecule has 0 saturated carbocycles. The van der Waals surface area contributed by atoms with Crippen molar-refractivity contribution in [3.05, 3.63) is 116 Å². The van der Waals surface area contributed by atoms with Gasteiger partial charge >= 0.3 is 45.8 Å². The summed E-state index contributed by atoms with van der Waals surface area (Å²) < 4.78 is 190. The molecular weight excluding hydrogens is 964 g/mol. The molecule has 1 aliphatic heterocycles. The van der Waals surface area contributed by atoms with Crippen molar-refractivity contribution >= 4 is 0 Å². The molecule has 0 amide bonds. The average Bonchev–Trinajstić information content (AvgIpc) is 3.07. The Balaban J connectivity index is 0.00000720. The van der Waals surface area contributed by atoms with E-state index in [1.807, 2.05) is 0 Å². The van der Waals surface area contributed by atoms with Gasteiger partial charge in [0.25, 0.3) is 0 Å². The predicted octanol–water partition coefficient (Wildman–Crippen LogP) is 11.8. The van der Waals surface area contributed by atoms with E-state index in [2.05, 4.69) is 22.1 Å². The third-order valence-corrected chi connectivity index (χ3v) is 10.5. The maximum Gasteiger partial charge on any atom is 2.00 e. The summed E-state index contributed by atoms with van der Waals surface area (Å²) >= 11 is 0. The monoisotopic (exact) mass is 999 g/mol. The number of methoxy groups -OCH3 is 2. The van der Waals surface area contributed by atoms with Crippen molar-refractivity contribution in [1.82, 2.24) is 9.97 Å². The Kier molecular flexibility index (Phi) is 11.4. The van der Waals surface area contributed by atoms with Gasteiger partial charge in [-0.15, -0.1) is 34.4 Å². The molecule has 312 valence electrons. The third kappa shape index (κ3) is 8.00. The molecule has 0 unspecified atom stereocenters. The van der Waals surface area contributed by atoms with Gasteiger partial charge in [0.15, 0.2) is 0 Å². The third-order valence-electron chi connectivity index (χ3n) is 10.5. The topological polar surface area (TPSA) is 44.2 Å². The van der Waals surface area contributed by atoms with Crippen LogP contribution in [0.4, 0.5) is 52.7 Å². The fraction of sp³-hybridized carbons (Fsp3) is 0.450. The van der Waals surface area contributed by atoms with Gasteiger partial charge in [0.1, 0.15) is 11.5 Å². The van der Waals surface area contributed by atoms with Gasteiger partial charge in [0.05, 0.1) is 37.0 Å². The molecule has 1 aliphatic rings. The molecule has 0 N–H and O–H groups in total. The largest absolute Gasteiger partial charge is 2.00 e. The van der Waals surface area contributed by atoms with E-state index in [4.69, 9.17) is 9.47 Å². The molecule has 57 heavy (non-hydrogen) atoms. The van der Waals surface area contributed by atoms with Gasteiger partial charge in [-0.2, -0.15) is 64.8 Å². The molecule has 3 heterocycles. The Morgan fingerprint density at radius 1 is 0.404 bits per heavy atom. The summed E-state index contributed by atoms with van der Waals surface area (Å²) in [6.07, 6.45) is -21.5. The molecule has 2 aromatic carbocycles. The van der Waals surface area contributed by atoms with Crippen molar-refractivity contribution in [3.8, 4) is 11.5 Å². The molecule has 8 bridgehead atoms. The van der Waals surface area contributed by atoms with Gasteiger partial charge in [-0.1, -0.05) is 55.4 Å². The molecule has 0 saturated heterocycles. The summed E-state index contributed by atoms with van der Waals surface area (Å²) in [5, 5.41) is 0.